The van der Waals surface area contributed by atoms with E-state index >= 15 is 0 Å². The molecule has 2 aromatic rings. The molecular weight excluding hydrogens is 328 g/mol. The Balaban J connectivity index is 1.73. The normalized spacial score (nSPS) is 15.0. The Morgan fingerprint density at radius 1 is 1.39 bits per heavy atom. The molecule has 1 aromatic carbocycles. The van der Waals surface area contributed by atoms with Crippen LogP contribution in [-0.4, -0.2) is 28.7 Å². The Hall–Kier alpha value is -1.86. The topological polar surface area (TPSA) is 66.9 Å². The standard InChI is InChI=1S/C16H18N4OS2/c1-2-10-17-15-19-20-16(23-15)22-13(11-6-4-3-5-7-11)14(21)18-12-8-9-12/h2-7,12-13H,1,8-10H2,(H,17,19)(H,18,21)/t13-/m1/s1. The smallest absolute Gasteiger partial charge is 0.238 e. The fourth-order valence-corrected chi connectivity index (χ4v) is 3.95. The summed E-state index contributed by atoms with van der Waals surface area (Å²) in [6.07, 6.45) is 3.92. The third kappa shape index (κ3) is 4.56. The zero-order chi connectivity index (χ0) is 16.1. The van der Waals surface area contributed by atoms with Crippen molar-refractivity contribution in [2.24, 2.45) is 0 Å². The van der Waals surface area contributed by atoms with Crippen molar-refractivity contribution in [3.63, 3.8) is 0 Å². The second kappa shape index (κ2) is 7.61. The maximum absolute atomic E-state index is 12.6. The van der Waals surface area contributed by atoms with Crippen LogP contribution >= 0.6 is 23.1 Å². The lowest BCUT2D eigenvalue weighted by Gasteiger charge is -2.15. The van der Waals surface area contributed by atoms with Gasteiger partial charge in [-0.05, 0) is 18.4 Å². The first-order valence-corrected chi connectivity index (χ1v) is 9.16. The van der Waals surface area contributed by atoms with Crippen LogP contribution < -0.4 is 10.6 Å². The van der Waals surface area contributed by atoms with Crippen LogP contribution in [0.4, 0.5) is 5.13 Å². The van der Waals surface area contributed by atoms with Gasteiger partial charge in [0, 0.05) is 12.6 Å². The number of aromatic nitrogens is 2. The zero-order valence-corrected chi connectivity index (χ0v) is 14.2. The Morgan fingerprint density at radius 2 is 2.17 bits per heavy atom. The summed E-state index contributed by atoms with van der Waals surface area (Å²) in [7, 11) is 0. The SMILES string of the molecule is C=CCNc1nnc(S[C@@H](C(=O)NC2CC2)c2ccccc2)s1. The van der Waals surface area contributed by atoms with Gasteiger partial charge in [-0.15, -0.1) is 16.8 Å². The molecule has 1 aliphatic carbocycles. The van der Waals surface area contributed by atoms with Crippen LogP contribution in [0.15, 0.2) is 47.3 Å². The predicted molar refractivity (Wildman–Crippen MR) is 94.8 cm³/mol. The fourth-order valence-electron chi connectivity index (χ4n) is 1.99. The Morgan fingerprint density at radius 3 is 2.87 bits per heavy atom. The van der Waals surface area contributed by atoms with E-state index in [0.29, 0.717) is 12.6 Å². The number of rotatable bonds is 8. The van der Waals surface area contributed by atoms with E-state index in [9.17, 15) is 4.79 Å². The molecule has 1 aromatic heterocycles. The van der Waals surface area contributed by atoms with Gasteiger partial charge in [-0.3, -0.25) is 4.79 Å². The largest absolute Gasteiger partial charge is 0.357 e. The number of anilines is 1. The van der Waals surface area contributed by atoms with E-state index in [0.717, 1.165) is 27.9 Å². The highest BCUT2D eigenvalue weighted by Gasteiger charge is 2.29. The Kier molecular flexibility index (Phi) is 5.30. The van der Waals surface area contributed by atoms with Gasteiger partial charge in [0.2, 0.25) is 11.0 Å². The molecule has 0 bridgehead atoms. The number of carbonyl (C=O) groups is 1. The maximum atomic E-state index is 12.6. The molecule has 3 rings (SSSR count). The highest BCUT2D eigenvalue weighted by atomic mass is 32.2. The molecule has 2 N–H and O–H groups in total. The molecule has 1 saturated carbocycles. The second-order valence-corrected chi connectivity index (χ2v) is 7.56. The van der Waals surface area contributed by atoms with Crippen molar-refractivity contribution in [3.05, 3.63) is 48.6 Å². The predicted octanol–water partition coefficient (Wildman–Crippen LogP) is 3.25. The van der Waals surface area contributed by atoms with Gasteiger partial charge in [0.05, 0.1) is 0 Å². The van der Waals surface area contributed by atoms with Crippen LogP contribution in [0.2, 0.25) is 0 Å². The molecule has 1 amide bonds. The molecule has 1 fully saturated rings. The molecule has 0 saturated heterocycles. The molecule has 1 aliphatic rings. The summed E-state index contributed by atoms with van der Waals surface area (Å²) in [5, 5.41) is 14.9. The third-order valence-corrected chi connectivity index (χ3v) is 5.51. The summed E-state index contributed by atoms with van der Waals surface area (Å²) in [4.78, 5) is 12.6. The molecule has 5 nitrogen and oxygen atoms in total. The molecule has 0 unspecified atom stereocenters. The lowest BCUT2D eigenvalue weighted by Crippen LogP contribution is -2.29. The number of thioether (sulfide) groups is 1. The molecule has 23 heavy (non-hydrogen) atoms. The zero-order valence-electron chi connectivity index (χ0n) is 12.6. The van der Waals surface area contributed by atoms with Gasteiger partial charge in [-0.2, -0.15) is 0 Å². The van der Waals surface area contributed by atoms with Crippen molar-refractivity contribution in [1.29, 1.82) is 0 Å². The molecule has 0 radical (unpaired) electrons. The minimum Gasteiger partial charge on any atom is -0.357 e. The van der Waals surface area contributed by atoms with E-state index in [1.807, 2.05) is 30.3 Å². The van der Waals surface area contributed by atoms with Crippen LogP contribution in [0.1, 0.15) is 23.7 Å². The number of amides is 1. The molecule has 120 valence electrons. The van der Waals surface area contributed by atoms with Crippen molar-refractivity contribution in [3.8, 4) is 0 Å². The third-order valence-electron chi connectivity index (χ3n) is 3.29. The minimum atomic E-state index is -0.308. The van der Waals surface area contributed by atoms with Gasteiger partial charge in [-0.1, -0.05) is 59.5 Å². The summed E-state index contributed by atoms with van der Waals surface area (Å²) in [5.41, 5.74) is 0.978. The second-order valence-electron chi connectivity index (χ2n) is 5.23. The van der Waals surface area contributed by atoms with Gasteiger partial charge in [0.25, 0.3) is 0 Å². The number of nitrogens with one attached hydrogen (secondary N) is 2. The first-order chi connectivity index (χ1) is 11.3. The highest BCUT2D eigenvalue weighted by molar-refractivity contribution is 8.01. The summed E-state index contributed by atoms with van der Waals surface area (Å²) < 4.78 is 0.774. The highest BCUT2D eigenvalue weighted by Crippen LogP contribution is 2.38. The van der Waals surface area contributed by atoms with Gasteiger partial charge in [-0.25, -0.2) is 0 Å². The lowest BCUT2D eigenvalue weighted by molar-refractivity contribution is -0.120. The number of carbonyl (C=O) groups excluding carboxylic acids is 1. The van der Waals surface area contributed by atoms with E-state index in [-0.39, 0.29) is 11.2 Å². The summed E-state index contributed by atoms with van der Waals surface area (Å²) in [6, 6.07) is 10.1. The lowest BCUT2D eigenvalue weighted by atomic mass is 10.1. The minimum absolute atomic E-state index is 0.0412. The number of hydrogen-bond acceptors (Lipinski definition) is 6. The number of hydrogen-bond donors (Lipinski definition) is 2. The Bertz CT molecular complexity index is 670. The van der Waals surface area contributed by atoms with E-state index in [4.69, 9.17) is 0 Å². The average molecular weight is 346 g/mol. The summed E-state index contributed by atoms with van der Waals surface area (Å²) in [5.74, 6) is 0.0412. The van der Waals surface area contributed by atoms with Gasteiger partial charge in [0.1, 0.15) is 5.25 Å². The number of nitrogens with zero attached hydrogens (tertiary/aromatic N) is 2. The Labute approximate surface area is 143 Å². The van der Waals surface area contributed by atoms with Crippen LogP contribution in [-0.2, 0) is 4.79 Å². The molecule has 0 spiro atoms. The average Bonchev–Trinajstić information content (AvgIpc) is 3.27. The van der Waals surface area contributed by atoms with Crippen LogP contribution in [0.3, 0.4) is 0 Å². The van der Waals surface area contributed by atoms with Crippen molar-refractivity contribution in [2.75, 3.05) is 11.9 Å². The first-order valence-electron chi connectivity index (χ1n) is 7.46. The van der Waals surface area contributed by atoms with Crippen LogP contribution in [0.25, 0.3) is 0 Å². The summed E-state index contributed by atoms with van der Waals surface area (Å²) in [6.45, 7) is 4.31. The van der Waals surface area contributed by atoms with Crippen molar-refractivity contribution >= 4 is 34.1 Å². The van der Waals surface area contributed by atoms with E-state index < -0.39 is 0 Å². The van der Waals surface area contributed by atoms with Crippen molar-refractivity contribution in [2.45, 2.75) is 28.5 Å². The monoisotopic (exact) mass is 346 g/mol. The molecule has 1 heterocycles. The maximum Gasteiger partial charge on any atom is 0.238 e. The summed E-state index contributed by atoms with van der Waals surface area (Å²) >= 11 is 2.89. The van der Waals surface area contributed by atoms with Crippen molar-refractivity contribution < 1.29 is 4.79 Å². The molecule has 0 aliphatic heterocycles. The molecular formula is C16H18N4OS2. The van der Waals surface area contributed by atoms with Crippen molar-refractivity contribution in [1.82, 2.24) is 15.5 Å². The fraction of sp³-hybridized carbons (Fsp3) is 0.312. The van der Waals surface area contributed by atoms with Crippen LogP contribution in [0.5, 0.6) is 0 Å². The quantitative estimate of drug-likeness (QED) is 0.567. The van der Waals surface area contributed by atoms with Gasteiger partial charge >= 0.3 is 0 Å². The molecule has 1 atom stereocenters. The number of benzene rings is 1. The molecule has 7 heteroatoms. The first kappa shape index (κ1) is 16.0. The van der Waals surface area contributed by atoms with E-state index in [2.05, 4.69) is 27.4 Å². The van der Waals surface area contributed by atoms with E-state index in [1.54, 1.807) is 6.08 Å². The van der Waals surface area contributed by atoms with Crippen LogP contribution in [0, 0.1) is 0 Å². The van der Waals surface area contributed by atoms with Gasteiger partial charge in [0.15, 0.2) is 4.34 Å². The van der Waals surface area contributed by atoms with Gasteiger partial charge < -0.3 is 10.6 Å². The van der Waals surface area contributed by atoms with E-state index in [1.165, 1.54) is 23.1 Å².